The average molecular weight is 512 g/mol. The van der Waals surface area contributed by atoms with E-state index in [4.69, 9.17) is 28.2 Å². The van der Waals surface area contributed by atoms with E-state index in [1.807, 2.05) is 36.4 Å². The summed E-state index contributed by atoms with van der Waals surface area (Å²) >= 11 is 16.1. The normalized spacial score (nSPS) is 11.5. The first-order valence-electron chi connectivity index (χ1n) is 10.5. The van der Waals surface area contributed by atoms with Gasteiger partial charge >= 0.3 is 0 Å². The monoisotopic (exact) mass is 510 g/mol. The number of rotatable bonds is 6. The molecule has 0 saturated heterocycles. The van der Waals surface area contributed by atoms with E-state index in [1.165, 1.54) is 10.3 Å². The zero-order valence-corrected chi connectivity index (χ0v) is 21.1. The van der Waals surface area contributed by atoms with Crippen molar-refractivity contribution < 1.29 is 0 Å². The van der Waals surface area contributed by atoms with E-state index in [0.717, 1.165) is 26.9 Å². The van der Waals surface area contributed by atoms with Crippen molar-refractivity contribution in [2.45, 2.75) is 30.7 Å². The molecular formula is C25H20Cl2N4S2. The van der Waals surface area contributed by atoms with Crippen molar-refractivity contribution in [2.75, 3.05) is 0 Å². The number of nitrogens with zero attached hydrogens (tertiary/aromatic N) is 4. The maximum Gasteiger partial charge on any atom is 0.196 e. The molecule has 2 aromatic heterocycles. The molecule has 0 saturated carbocycles. The maximum atomic E-state index is 6.57. The molecule has 166 valence electrons. The molecule has 0 amide bonds. The van der Waals surface area contributed by atoms with Gasteiger partial charge in [-0.15, -0.1) is 21.5 Å². The molecule has 0 atom stereocenters. The van der Waals surface area contributed by atoms with Crippen molar-refractivity contribution >= 4 is 56.5 Å². The number of hydrogen-bond acceptors (Lipinski definition) is 5. The number of para-hydroxylation sites is 2. The molecule has 4 nitrogen and oxygen atoms in total. The van der Waals surface area contributed by atoms with Gasteiger partial charge in [0, 0.05) is 10.6 Å². The van der Waals surface area contributed by atoms with Crippen LogP contribution in [0, 0.1) is 0 Å². The van der Waals surface area contributed by atoms with Gasteiger partial charge in [-0.05, 0) is 47.9 Å². The highest BCUT2D eigenvalue weighted by Gasteiger charge is 2.21. The van der Waals surface area contributed by atoms with Crippen molar-refractivity contribution in [3.63, 3.8) is 0 Å². The van der Waals surface area contributed by atoms with Gasteiger partial charge in [0.2, 0.25) is 0 Å². The van der Waals surface area contributed by atoms with Crippen LogP contribution in [0.25, 0.3) is 27.3 Å². The third-order valence-electron chi connectivity index (χ3n) is 5.27. The van der Waals surface area contributed by atoms with Crippen LogP contribution in [0.3, 0.4) is 0 Å². The Hall–Kier alpha value is -2.38. The van der Waals surface area contributed by atoms with Gasteiger partial charge in [0.1, 0.15) is 5.01 Å². The van der Waals surface area contributed by atoms with E-state index in [-0.39, 0.29) is 0 Å². The summed E-state index contributed by atoms with van der Waals surface area (Å²) in [5, 5.41) is 12.1. The minimum Gasteiger partial charge on any atom is -0.270 e. The zero-order valence-electron chi connectivity index (χ0n) is 18.0. The second-order valence-corrected chi connectivity index (χ2v) is 10.7. The van der Waals surface area contributed by atoms with Gasteiger partial charge in [0.25, 0.3) is 0 Å². The molecule has 0 aliphatic carbocycles. The molecule has 5 aromatic rings. The highest BCUT2D eigenvalue weighted by atomic mass is 35.5. The molecule has 33 heavy (non-hydrogen) atoms. The molecule has 0 fully saturated rings. The Morgan fingerprint density at radius 2 is 1.76 bits per heavy atom. The van der Waals surface area contributed by atoms with E-state index in [9.17, 15) is 0 Å². The quantitative estimate of drug-likeness (QED) is 0.215. The maximum absolute atomic E-state index is 6.57. The Bertz CT molecular complexity index is 1410. The highest BCUT2D eigenvalue weighted by Crippen LogP contribution is 2.37. The smallest absolute Gasteiger partial charge is 0.196 e. The molecule has 8 heteroatoms. The van der Waals surface area contributed by atoms with Crippen LogP contribution < -0.4 is 0 Å². The van der Waals surface area contributed by atoms with Crippen molar-refractivity contribution in [1.29, 1.82) is 0 Å². The first-order chi connectivity index (χ1) is 16.0. The lowest BCUT2D eigenvalue weighted by molar-refractivity contribution is 0.818. The standard InChI is InChI=1S/C25H20Cl2N4S2/c1-15(2)17-7-3-5-9-21(17)31-24(18-12-11-16(26)13-19(18)27)29-30-25(31)32-14-23-28-20-8-4-6-10-22(20)33-23/h3-13,15H,14H2,1-2H3. The molecule has 2 heterocycles. The first kappa shape index (κ1) is 22.4. The second-order valence-electron chi connectivity index (χ2n) is 7.84. The van der Waals surface area contributed by atoms with Crippen LogP contribution >= 0.6 is 46.3 Å². The predicted octanol–water partition coefficient (Wildman–Crippen LogP) is 8.27. The molecule has 0 bridgehead atoms. The third kappa shape index (κ3) is 4.53. The van der Waals surface area contributed by atoms with Crippen LogP contribution in [-0.4, -0.2) is 19.7 Å². The Labute approximate surface area is 210 Å². The number of hydrogen-bond donors (Lipinski definition) is 0. The fourth-order valence-corrected chi connectivity index (χ4v) is 6.11. The summed E-state index contributed by atoms with van der Waals surface area (Å²) in [6, 6.07) is 22.0. The van der Waals surface area contributed by atoms with Gasteiger partial charge in [-0.1, -0.05) is 79.1 Å². The fraction of sp³-hybridized carbons (Fsp3) is 0.160. The number of fused-ring (bicyclic) bond motifs is 1. The van der Waals surface area contributed by atoms with Gasteiger partial charge in [0.05, 0.1) is 26.7 Å². The molecule has 0 N–H and O–H groups in total. The topological polar surface area (TPSA) is 43.6 Å². The number of thiazole rings is 1. The van der Waals surface area contributed by atoms with Gasteiger partial charge < -0.3 is 0 Å². The molecular weight excluding hydrogens is 491 g/mol. The number of halogens is 2. The van der Waals surface area contributed by atoms with Crippen LogP contribution in [0.1, 0.15) is 30.3 Å². The molecule has 5 rings (SSSR count). The van der Waals surface area contributed by atoms with Gasteiger partial charge in [-0.2, -0.15) is 0 Å². The van der Waals surface area contributed by atoms with Crippen LogP contribution in [0.4, 0.5) is 0 Å². The van der Waals surface area contributed by atoms with Gasteiger partial charge in [-0.3, -0.25) is 4.57 Å². The van der Waals surface area contributed by atoms with Crippen LogP contribution in [0.5, 0.6) is 0 Å². The lowest BCUT2D eigenvalue weighted by Gasteiger charge is -2.17. The second kappa shape index (κ2) is 9.47. The number of benzene rings is 3. The van der Waals surface area contributed by atoms with Crippen molar-refractivity contribution in [3.05, 3.63) is 87.3 Å². The summed E-state index contributed by atoms with van der Waals surface area (Å²) in [6.45, 7) is 4.37. The molecule has 0 unspecified atom stereocenters. The number of thioether (sulfide) groups is 1. The minimum absolute atomic E-state index is 0.333. The first-order valence-corrected chi connectivity index (χ1v) is 13.0. The van der Waals surface area contributed by atoms with Crippen LogP contribution in [0.2, 0.25) is 10.0 Å². The molecule has 0 aliphatic heterocycles. The van der Waals surface area contributed by atoms with E-state index in [0.29, 0.717) is 27.5 Å². The largest absolute Gasteiger partial charge is 0.270 e. The summed E-state index contributed by atoms with van der Waals surface area (Å²) in [4.78, 5) is 4.77. The van der Waals surface area contributed by atoms with Crippen molar-refractivity contribution in [1.82, 2.24) is 19.7 Å². The van der Waals surface area contributed by atoms with Crippen molar-refractivity contribution in [2.24, 2.45) is 0 Å². The zero-order chi connectivity index (χ0) is 22.9. The summed E-state index contributed by atoms with van der Waals surface area (Å²) in [7, 11) is 0. The molecule has 0 radical (unpaired) electrons. The third-order valence-corrected chi connectivity index (χ3v) is 7.98. The van der Waals surface area contributed by atoms with Crippen LogP contribution in [0.15, 0.2) is 71.9 Å². The predicted molar refractivity (Wildman–Crippen MR) is 140 cm³/mol. The highest BCUT2D eigenvalue weighted by molar-refractivity contribution is 7.98. The Morgan fingerprint density at radius 1 is 0.970 bits per heavy atom. The number of aromatic nitrogens is 4. The Kier molecular flexibility index (Phi) is 6.43. The molecule has 0 aliphatic rings. The summed E-state index contributed by atoms with van der Waals surface area (Å²) in [5.74, 6) is 1.73. The lowest BCUT2D eigenvalue weighted by atomic mass is 10.0. The fourth-order valence-electron chi connectivity index (χ4n) is 3.71. The van der Waals surface area contributed by atoms with Crippen LogP contribution in [-0.2, 0) is 5.75 Å². The van der Waals surface area contributed by atoms with E-state index >= 15 is 0 Å². The van der Waals surface area contributed by atoms with E-state index in [1.54, 1.807) is 29.2 Å². The lowest BCUT2D eigenvalue weighted by Crippen LogP contribution is -2.05. The van der Waals surface area contributed by atoms with Gasteiger partial charge in [0.15, 0.2) is 11.0 Å². The molecule has 3 aromatic carbocycles. The van der Waals surface area contributed by atoms with E-state index in [2.05, 4.69) is 52.9 Å². The van der Waals surface area contributed by atoms with Crippen molar-refractivity contribution in [3.8, 4) is 17.1 Å². The summed E-state index contributed by atoms with van der Waals surface area (Å²) in [6.07, 6.45) is 0. The average Bonchev–Trinajstić information content (AvgIpc) is 3.41. The Morgan fingerprint density at radius 3 is 2.55 bits per heavy atom. The summed E-state index contributed by atoms with van der Waals surface area (Å²) in [5.41, 5.74) is 4.08. The van der Waals surface area contributed by atoms with Gasteiger partial charge in [-0.25, -0.2) is 4.98 Å². The molecule has 0 spiro atoms. The SMILES string of the molecule is CC(C)c1ccccc1-n1c(SCc2nc3ccccc3s2)nnc1-c1ccc(Cl)cc1Cl. The minimum atomic E-state index is 0.333. The summed E-state index contributed by atoms with van der Waals surface area (Å²) < 4.78 is 3.29. The van der Waals surface area contributed by atoms with E-state index < -0.39 is 0 Å². The Balaban J connectivity index is 1.60.